The van der Waals surface area contributed by atoms with Gasteiger partial charge in [0.25, 0.3) is 0 Å². The van der Waals surface area contributed by atoms with Crippen LogP contribution in [0, 0.1) is 5.41 Å². The normalized spacial score (nSPS) is 24.2. The molecule has 10 nitrogen and oxygen atoms in total. The van der Waals surface area contributed by atoms with Crippen molar-refractivity contribution in [3.05, 3.63) is 28.0 Å². The van der Waals surface area contributed by atoms with E-state index in [4.69, 9.17) is 9.47 Å². The number of hydrogen-bond acceptors (Lipinski definition) is 10. The highest BCUT2D eigenvalue weighted by atomic mass is 16.5. The van der Waals surface area contributed by atoms with E-state index in [9.17, 15) is 39.9 Å². The molecule has 34 heavy (non-hydrogen) atoms. The summed E-state index contributed by atoms with van der Waals surface area (Å²) in [6.45, 7) is 6.36. The maximum absolute atomic E-state index is 13.3. The van der Waals surface area contributed by atoms with Crippen molar-refractivity contribution >= 4 is 17.7 Å². The van der Waals surface area contributed by atoms with Crippen molar-refractivity contribution in [3.63, 3.8) is 0 Å². The van der Waals surface area contributed by atoms with E-state index in [-0.39, 0.29) is 23.1 Å². The summed E-state index contributed by atoms with van der Waals surface area (Å²) in [5.74, 6) is -6.16. The van der Waals surface area contributed by atoms with Crippen molar-refractivity contribution in [2.45, 2.75) is 64.9 Å². The molecule has 1 saturated carbocycles. The van der Waals surface area contributed by atoms with E-state index < -0.39 is 82.4 Å². The summed E-state index contributed by atoms with van der Waals surface area (Å²) < 4.78 is 10.3. The molecule has 0 amide bonds. The van der Waals surface area contributed by atoms with E-state index in [2.05, 4.69) is 0 Å². The first-order valence-electron chi connectivity index (χ1n) is 10.9. The molecule has 1 fully saturated rings. The third kappa shape index (κ3) is 3.66. The summed E-state index contributed by atoms with van der Waals surface area (Å²) in [6, 6.07) is 0. The van der Waals surface area contributed by atoms with Crippen molar-refractivity contribution in [2.24, 2.45) is 5.41 Å². The van der Waals surface area contributed by atoms with Crippen LogP contribution in [0.5, 0.6) is 17.2 Å². The Labute approximate surface area is 196 Å². The Balaban J connectivity index is 2.27. The van der Waals surface area contributed by atoms with Crippen molar-refractivity contribution in [2.75, 3.05) is 13.2 Å². The van der Waals surface area contributed by atoms with Crippen LogP contribution >= 0.6 is 0 Å². The number of hydrogen-bond donors (Lipinski definition) is 5. The second-order valence-corrected chi connectivity index (χ2v) is 9.63. The fraction of sp³-hybridized carbons (Fsp3) is 0.542. The topological polar surface area (TPSA) is 171 Å². The van der Waals surface area contributed by atoms with Gasteiger partial charge in [-0.3, -0.25) is 14.4 Å². The second kappa shape index (κ2) is 8.50. The third-order valence-electron chi connectivity index (χ3n) is 7.02. The summed E-state index contributed by atoms with van der Waals surface area (Å²) in [7, 11) is 0. The number of ketones is 1. The maximum atomic E-state index is 13.3. The van der Waals surface area contributed by atoms with Crippen LogP contribution in [0.4, 0.5) is 0 Å². The molecule has 3 rings (SSSR count). The molecule has 0 aromatic heterocycles. The Morgan fingerprint density at radius 1 is 1.03 bits per heavy atom. The number of aliphatic hydroxyl groups excluding tert-OH is 2. The molecule has 0 radical (unpaired) electrons. The van der Waals surface area contributed by atoms with Gasteiger partial charge in [-0.05, 0) is 18.4 Å². The van der Waals surface area contributed by atoms with Gasteiger partial charge in [0.2, 0.25) is 5.78 Å². The average molecular weight is 478 g/mol. The number of esters is 2. The minimum absolute atomic E-state index is 0.0671. The molecule has 10 heteroatoms. The standard InChI is InChI=1S/C24H30O10/c1-10(26)33-9-12(8-25)14-17(28)15-16(20(31)18(14)29)24(5)7-6-13(34-11(2)27)23(3,4)22(24)21(32)19(15)30/h12-13,25,28-29,31-32H,6-9H2,1-5H3/t12-,13-,24-/m0/s1. The van der Waals surface area contributed by atoms with Crippen LogP contribution in [0.1, 0.15) is 74.9 Å². The Kier molecular flexibility index (Phi) is 6.34. The lowest BCUT2D eigenvalue weighted by Crippen LogP contribution is -2.50. The average Bonchev–Trinajstić information content (AvgIpc) is 2.73. The van der Waals surface area contributed by atoms with Crippen LogP contribution < -0.4 is 0 Å². The zero-order valence-electron chi connectivity index (χ0n) is 19.8. The number of rotatable bonds is 5. The lowest BCUT2D eigenvalue weighted by molar-refractivity contribution is -0.153. The summed E-state index contributed by atoms with van der Waals surface area (Å²) >= 11 is 0. The first-order valence-corrected chi connectivity index (χ1v) is 10.9. The first kappa shape index (κ1) is 25.4. The number of carbonyl (C=O) groups is 3. The number of aromatic hydroxyl groups is 3. The van der Waals surface area contributed by atoms with E-state index in [0.29, 0.717) is 6.42 Å². The van der Waals surface area contributed by atoms with Crippen molar-refractivity contribution < 1.29 is 49.4 Å². The number of allylic oxidation sites excluding steroid dienone is 1. The monoisotopic (exact) mass is 478 g/mol. The molecule has 186 valence electrons. The predicted molar refractivity (Wildman–Crippen MR) is 118 cm³/mol. The molecule has 0 spiro atoms. The van der Waals surface area contributed by atoms with Gasteiger partial charge in [0.15, 0.2) is 17.3 Å². The van der Waals surface area contributed by atoms with Gasteiger partial charge in [0.1, 0.15) is 18.5 Å². The largest absolute Gasteiger partial charge is 0.507 e. The van der Waals surface area contributed by atoms with Crippen molar-refractivity contribution in [3.8, 4) is 17.2 Å². The second-order valence-electron chi connectivity index (χ2n) is 9.63. The van der Waals surface area contributed by atoms with E-state index in [0.717, 1.165) is 6.92 Å². The number of benzene rings is 1. The molecule has 0 heterocycles. The molecule has 0 bridgehead atoms. The highest BCUT2D eigenvalue weighted by Crippen LogP contribution is 2.62. The summed E-state index contributed by atoms with van der Waals surface area (Å²) in [5, 5.41) is 53.8. The molecule has 0 unspecified atom stereocenters. The molecule has 1 aromatic rings. The quantitative estimate of drug-likeness (QED) is 0.240. The van der Waals surface area contributed by atoms with E-state index in [1.54, 1.807) is 20.8 Å². The van der Waals surface area contributed by atoms with Crippen LogP contribution in [0.15, 0.2) is 11.3 Å². The van der Waals surface area contributed by atoms with Crippen LogP contribution in [0.3, 0.4) is 0 Å². The smallest absolute Gasteiger partial charge is 0.302 e. The molecule has 1 aromatic carbocycles. The molecular weight excluding hydrogens is 448 g/mol. The highest BCUT2D eigenvalue weighted by molar-refractivity contribution is 6.13. The van der Waals surface area contributed by atoms with Crippen molar-refractivity contribution in [1.29, 1.82) is 0 Å². The zero-order chi connectivity index (χ0) is 25.7. The number of phenols is 3. The summed E-state index contributed by atoms with van der Waals surface area (Å²) in [6.07, 6.45) is -0.116. The van der Waals surface area contributed by atoms with E-state index in [1.807, 2.05) is 0 Å². The lowest BCUT2D eigenvalue weighted by atomic mass is 9.53. The summed E-state index contributed by atoms with van der Waals surface area (Å²) in [5.41, 5.74) is -2.85. The zero-order valence-corrected chi connectivity index (χ0v) is 19.8. The molecule has 2 aliphatic rings. The van der Waals surface area contributed by atoms with Gasteiger partial charge in [-0.15, -0.1) is 0 Å². The van der Waals surface area contributed by atoms with Crippen molar-refractivity contribution in [1.82, 2.24) is 0 Å². The predicted octanol–water partition coefficient (Wildman–Crippen LogP) is 2.46. The Bertz CT molecular complexity index is 1100. The molecule has 2 aliphatic carbocycles. The van der Waals surface area contributed by atoms with Gasteiger partial charge >= 0.3 is 11.9 Å². The number of aliphatic hydroxyl groups is 2. The van der Waals surface area contributed by atoms with E-state index in [1.165, 1.54) is 6.92 Å². The van der Waals surface area contributed by atoms with Crippen LogP contribution in [0.2, 0.25) is 0 Å². The molecule has 0 aliphatic heterocycles. The fourth-order valence-corrected chi connectivity index (χ4v) is 5.55. The van der Waals surface area contributed by atoms with Gasteiger partial charge in [0, 0.05) is 41.7 Å². The minimum atomic E-state index is -1.20. The number of fused-ring (bicyclic) bond motifs is 3. The number of carbonyl (C=O) groups excluding carboxylic acids is 3. The van der Waals surface area contributed by atoms with Crippen LogP contribution in [-0.4, -0.2) is 62.6 Å². The SMILES string of the molecule is CC(=O)OC[C@H](CO)c1c(O)c(O)c2c(c1O)C(=O)C(O)=C1C(C)(C)[C@@H](OC(C)=O)CC[C@]12C. The number of Topliss-reactive ketones (excluding diaryl/α,β-unsaturated/α-hetero) is 1. The van der Waals surface area contributed by atoms with Crippen LogP contribution in [0.25, 0.3) is 0 Å². The summed E-state index contributed by atoms with van der Waals surface area (Å²) in [4.78, 5) is 36.2. The number of phenolic OH excluding ortho intramolecular Hbond substituents is 3. The lowest BCUT2D eigenvalue weighted by Gasteiger charge is -2.52. The highest BCUT2D eigenvalue weighted by Gasteiger charge is 2.57. The van der Waals surface area contributed by atoms with Gasteiger partial charge < -0.3 is 35.0 Å². The van der Waals surface area contributed by atoms with Gasteiger partial charge in [-0.2, -0.15) is 0 Å². The van der Waals surface area contributed by atoms with Gasteiger partial charge in [-0.1, -0.05) is 20.8 Å². The Hall–Kier alpha value is -3.27. The minimum Gasteiger partial charge on any atom is -0.507 e. The molecule has 5 N–H and O–H groups in total. The Morgan fingerprint density at radius 3 is 2.18 bits per heavy atom. The fourth-order valence-electron chi connectivity index (χ4n) is 5.55. The molecule has 3 atom stereocenters. The molecule has 0 saturated heterocycles. The van der Waals surface area contributed by atoms with E-state index >= 15 is 0 Å². The number of ether oxygens (including phenoxy) is 2. The van der Waals surface area contributed by atoms with Gasteiger partial charge in [0.05, 0.1) is 12.2 Å². The maximum Gasteiger partial charge on any atom is 0.302 e. The molecular formula is C24H30O10. The van der Waals surface area contributed by atoms with Gasteiger partial charge in [-0.25, -0.2) is 0 Å². The Morgan fingerprint density at radius 2 is 1.65 bits per heavy atom. The third-order valence-corrected chi connectivity index (χ3v) is 7.02. The van der Waals surface area contributed by atoms with Crippen LogP contribution in [-0.2, 0) is 24.5 Å². The first-order chi connectivity index (χ1) is 15.7.